The van der Waals surface area contributed by atoms with Crippen LogP contribution in [0.3, 0.4) is 0 Å². The number of aryl methyl sites for hydroxylation is 2. The van der Waals surface area contributed by atoms with Crippen LogP contribution in [-0.4, -0.2) is 33.6 Å². The van der Waals surface area contributed by atoms with Crippen LogP contribution < -0.4 is 0 Å². The third-order valence-electron chi connectivity index (χ3n) is 6.72. The predicted octanol–water partition coefficient (Wildman–Crippen LogP) is 6.72. The zero-order chi connectivity index (χ0) is 26.6. The number of rotatable bonds is 10. The van der Waals surface area contributed by atoms with E-state index in [1.807, 2.05) is 0 Å². The van der Waals surface area contributed by atoms with Crippen molar-refractivity contribution in [3.8, 4) is 11.5 Å². The van der Waals surface area contributed by atoms with Gasteiger partial charge in [0.1, 0.15) is 11.5 Å². The summed E-state index contributed by atoms with van der Waals surface area (Å²) in [5.74, 6) is 0.763. The Morgan fingerprint density at radius 2 is 1.03 bits per heavy atom. The molecular formula is C31H48O4. The molecule has 0 aliphatic heterocycles. The van der Waals surface area contributed by atoms with E-state index in [4.69, 9.17) is 0 Å². The first-order chi connectivity index (χ1) is 16.2. The maximum atomic E-state index is 11.6. The van der Waals surface area contributed by atoms with E-state index in [0.29, 0.717) is 30.3 Å². The van der Waals surface area contributed by atoms with Crippen LogP contribution in [0.4, 0.5) is 0 Å². The Balaban J connectivity index is 2.86. The number of benzene rings is 2. The number of phenolic OH excluding ortho intramolecular Hbond substituents is 2. The second kappa shape index (κ2) is 11.8. The molecule has 196 valence electrons. The summed E-state index contributed by atoms with van der Waals surface area (Å²) < 4.78 is 0. The normalized spacial score (nSPS) is 12.7. The molecule has 0 aliphatic carbocycles. The lowest BCUT2D eigenvalue weighted by Gasteiger charge is -2.30. The van der Waals surface area contributed by atoms with Crippen molar-refractivity contribution < 1.29 is 20.4 Å². The van der Waals surface area contributed by atoms with Crippen molar-refractivity contribution in [2.24, 2.45) is 5.92 Å². The first kappa shape index (κ1) is 29.2. The number of aromatic hydroxyl groups is 2. The van der Waals surface area contributed by atoms with Gasteiger partial charge in [-0.05, 0) is 71.1 Å². The standard InChI is InChI=1S/C31H48O4/c1-20(2)15-23(24-16-21(11-9-13-32)18-26(28(24)34)30(3,4)5)25-17-22(12-10-14-33)19-27(29(25)35)31(6,7)8/h16-20,23,32-35H,9-15H2,1-8H3. The lowest BCUT2D eigenvalue weighted by molar-refractivity contribution is 0.288. The van der Waals surface area contributed by atoms with Gasteiger partial charge in [-0.15, -0.1) is 0 Å². The number of phenols is 2. The zero-order valence-corrected chi connectivity index (χ0v) is 23.2. The van der Waals surface area contributed by atoms with E-state index < -0.39 is 0 Å². The van der Waals surface area contributed by atoms with E-state index in [0.717, 1.165) is 52.6 Å². The van der Waals surface area contributed by atoms with Crippen molar-refractivity contribution in [2.45, 2.75) is 104 Å². The van der Waals surface area contributed by atoms with Crippen LogP contribution in [0.5, 0.6) is 11.5 Å². The number of aliphatic hydroxyl groups is 2. The van der Waals surface area contributed by atoms with Crippen LogP contribution in [0.15, 0.2) is 24.3 Å². The van der Waals surface area contributed by atoms with Gasteiger partial charge in [0.15, 0.2) is 0 Å². The van der Waals surface area contributed by atoms with Gasteiger partial charge in [0.05, 0.1) is 0 Å². The van der Waals surface area contributed by atoms with Crippen molar-refractivity contribution in [2.75, 3.05) is 13.2 Å². The van der Waals surface area contributed by atoms with Gasteiger partial charge in [0, 0.05) is 30.3 Å². The molecule has 0 saturated heterocycles. The molecule has 0 radical (unpaired) electrons. The Kier molecular flexibility index (Phi) is 9.84. The molecule has 0 aromatic heterocycles. The molecule has 0 atom stereocenters. The van der Waals surface area contributed by atoms with E-state index in [-0.39, 0.29) is 30.0 Å². The first-order valence-corrected chi connectivity index (χ1v) is 13.1. The molecule has 2 aromatic carbocycles. The van der Waals surface area contributed by atoms with Crippen molar-refractivity contribution in [1.82, 2.24) is 0 Å². The Bertz CT molecular complexity index is 901. The summed E-state index contributed by atoms with van der Waals surface area (Å²) in [6.07, 6.45) is 3.58. The van der Waals surface area contributed by atoms with Crippen LogP contribution >= 0.6 is 0 Å². The highest BCUT2D eigenvalue weighted by Gasteiger charge is 2.30. The predicted molar refractivity (Wildman–Crippen MR) is 146 cm³/mol. The van der Waals surface area contributed by atoms with Gasteiger partial charge in [0.2, 0.25) is 0 Å². The average Bonchev–Trinajstić information content (AvgIpc) is 2.74. The molecule has 0 aliphatic rings. The average molecular weight is 485 g/mol. The monoisotopic (exact) mass is 484 g/mol. The maximum absolute atomic E-state index is 11.6. The Hall–Kier alpha value is -2.04. The van der Waals surface area contributed by atoms with Gasteiger partial charge in [-0.2, -0.15) is 0 Å². The minimum absolute atomic E-state index is 0.124. The molecule has 0 amide bonds. The highest BCUT2D eigenvalue weighted by atomic mass is 16.3. The van der Waals surface area contributed by atoms with Gasteiger partial charge in [-0.25, -0.2) is 0 Å². The molecule has 4 nitrogen and oxygen atoms in total. The fraction of sp³-hybridized carbons (Fsp3) is 0.613. The minimum Gasteiger partial charge on any atom is -0.507 e. The summed E-state index contributed by atoms with van der Waals surface area (Å²) in [6.45, 7) is 17.2. The van der Waals surface area contributed by atoms with Crippen LogP contribution in [0, 0.1) is 5.92 Å². The van der Waals surface area contributed by atoms with Gasteiger partial charge in [0.25, 0.3) is 0 Å². The van der Waals surface area contributed by atoms with Crippen LogP contribution in [0.2, 0.25) is 0 Å². The third-order valence-corrected chi connectivity index (χ3v) is 6.72. The molecule has 0 fully saturated rings. The summed E-state index contributed by atoms with van der Waals surface area (Å²) in [6, 6.07) is 8.28. The van der Waals surface area contributed by atoms with Gasteiger partial charge in [-0.3, -0.25) is 0 Å². The fourth-order valence-corrected chi connectivity index (χ4v) is 4.86. The molecule has 2 rings (SSSR count). The Labute approximate surface area is 213 Å². The second-order valence-electron chi connectivity index (χ2n) is 12.5. The summed E-state index contributed by atoms with van der Waals surface area (Å²) in [7, 11) is 0. The summed E-state index contributed by atoms with van der Waals surface area (Å²) >= 11 is 0. The summed E-state index contributed by atoms with van der Waals surface area (Å²) in [5, 5.41) is 42.0. The van der Waals surface area contributed by atoms with Crippen LogP contribution in [0.1, 0.15) is 114 Å². The SMILES string of the molecule is CC(C)CC(c1cc(CCCO)cc(C(C)(C)C)c1O)c1cc(CCCO)cc(C(C)(C)C)c1O. The van der Waals surface area contributed by atoms with Gasteiger partial charge < -0.3 is 20.4 Å². The fourth-order valence-electron chi connectivity index (χ4n) is 4.86. The molecule has 4 heteroatoms. The van der Waals surface area contributed by atoms with Crippen molar-refractivity contribution in [3.63, 3.8) is 0 Å². The molecule has 0 saturated carbocycles. The number of hydrogen-bond donors (Lipinski definition) is 4. The lowest BCUT2D eigenvalue weighted by Crippen LogP contribution is -2.17. The Morgan fingerprint density at radius 3 is 1.31 bits per heavy atom. The largest absolute Gasteiger partial charge is 0.507 e. The summed E-state index contributed by atoms with van der Waals surface area (Å²) in [4.78, 5) is 0. The second-order valence-corrected chi connectivity index (χ2v) is 12.5. The van der Waals surface area contributed by atoms with E-state index in [2.05, 4.69) is 79.7 Å². The van der Waals surface area contributed by atoms with Crippen LogP contribution in [0.25, 0.3) is 0 Å². The van der Waals surface area contributed by atoms with Gasteiger partial charge >= 0.3 is 0 Å². The molecule has 0 spiro atoms. The first-order valence-electron chi connectivity index (χ1n) is 13.1. The van der Waals surface area contributed by atoms with Crippen LogP contribution in [-0.2, 0) is 23.7 Å². The van der Waals surface area contributed by atoms with E-state index in [9.17, 15) is 20.4 Å². The topological polar surface area (TPSA) is 80.9 Å². The number of aliphatic hydroxyl groups excluding tert-OH is 2. The lowest BCUT2D eigenvalue weighted by atomic mass is 9.75. The van der Waals surface area contributed by atoms with E-state index in [1.54, 1.807) is 0 Å². The highest BCUT2D eigenvalue weighted by molar-refractivity contribution is 5.56. The molecule has 0 unspecified atom stereocenters. The van der Waals surface area contributed by atoms with Crippen molar-refractivity contribution >= 4 is 0 Å². The highest BCUT2D eigenvalue weighted by Crippen LogP contribution is 2.47. The molecular weight excluding hydrogens is 436 g/mol. The molecule has 4 N–H and O–H groups in total. The Morgan fingerprint density at radius 1 is 0.657 bits per heavy atom. The molecule has 0 heterocycles. The summed E-state index contributed by atoms with van der Waals surface area (Å²) in [5.41, 5.74) is 5.15. The number of hydrogen-bond acceptors (Lipinski definition) is 4. The zero-order valence-electron chi connectivity index (χ0n) is 23.2. The van der Waals surface area contributed by atoms with Crippen molar-refractivity contribution in [1.29, 1.82) is 0 Å². The maximum Gasteiger partial charge on any atom is 0.123 e. The third kappa shape index (κ3) is 7.47. The van der Waals surface area contributed by atoms with Crippen molar-refractivity contribution in [3.05, 3.63) is 57.6 Å². The van der Waals surface area contributed by atoms with E-state index in [1.165, 1.54) is 0 Å². The van der Waals surface area contributed by atoms with E-state index >= 15 is 0 Å². The molecule has 35 heavy (non-hydrogen) atoms. The quantitative estimate of drug-likeness (QED) is 0.302. The minimum atomic E-state index is -0.252. The molecule has 0 bridgehead atoms. The molecule has 2 aromatic rings. The van der Waals surface area contributed by atoms with Gasteiger partial charge in [-0.1, -0.05) is 79.7 Å². The smallest absolute Gasteiger partial charge is 0.123 e.